The lowest BCUT2D eigenvalue weighted by atomic mass is 9.86. The van der Waals surface area contributed by atoms with Gasteiger partial charge in [-0.05, 0) is 12.8 Å². The number of rotatable bonds is 4. The molecule has 2 saturated heterocycles. The molecule has 1 amide bonds. The van der Waals surface area contributed by atoms with Gasteiger partial charge in [0.1, 0.15) is 6.04 Å². The quantitative estimate of drug-likeness (QED) is 0.786. The second-order valence-corrected chi connectivity index (χ2v) is 7.95. The Hall–Kier alpha value is -1.15. The number of hydrogen-bond donors (Lipinski definition) is 1. The summed E-state index contributed by atoms with van der Waals surface area (Å²) in [6, 6.07) is -0.616. The summed E-state index contributed by atoms with van der Waals surface area (Å²) < 4.78 is 24.8. The van der Waals surface area contributed by atoms with E-state index in [-0.39, 0.29) is 11.8 Å². The van der Waals surface area contributed by atoms with Gasteiger partial charge in [0.2, 0.25) is 15.9 Å². The monoisotopic (exact) mass is 318 g/mol. The van der Waals surface area contributed by atoms with Gasteiger partial charge in [0.25, 0.3) is 0 Å². The molecule has 0 aromatic rings. The van der Waals surface area contributed by atoms with Gasteiger partial charge in [-0.25, -0.2) is 8.42 Å². The van der Waals surface area contributed by atoms with Crippen LogP contribution in [0.15, 0.2) is 0 Å². The van der Waals surface area contributed by atoms with E-state index in [0.29, 0.717) is 26.1 Å². The second-order valence-electron chi connectivity index (χ2n) is 6.02. The number of carboxylic acid groups (broad SMARTS) is 1. The zero-order valence-corrected chi connectivity index (χ0v) is 13.2. The third-order valence-electron chi connectivity index (χ3n) is 4.48. The second kappa shape index (κ2) is 5.92. The Kier molecular flexibility index (Phi) is 4.57. The van der Waals surface area contributed by atoms with E-state index in [2.05, 4.69) is 0 Å². The number of likely N-dealkylation sites (tertiary alicyclic amines) is 1. The van der Waals surface area contributed by atoms with Gasteiger partial charge in [0.15, 0.2) is 0 Å². The molecule has 0 aromatic heterocycles. The van der Waals surface area contributed by atoms with Crippen molar-refractivity contribution >= 4 is 21.9 Å². The van der Waals surface area contributed by atoms with Crippen LogP contribution < -0.4 is 0 Å². The van der Waals surface area contributed by atoms with Gasteiger partial charge < -0.3 is 10.0 Å². The van der Waals surface area contributed by atoms with Crippen molar-refractivity contribution < 1.29 is 23.1 Å². The van der Waals surface area contributed by atoms with Gasteiger partial charge in [-0.1, -0.05) is 13.3 Å². The van der Waals surface area contributed by atoms with Crippen molar-refractivity contribution in [2.45, 2.75) is 32.2 Å². The summed E-state index contributed by atoms with van der Waals surface area (Å²) in [4.78, 5) is 24.9. The molecule has 2 aliphatic rings. The molecule has 2 atom stereocenters. The van der Waals surface area contributed by atoms with E-state index in [4.69, 9.17) is 5.11 Å². The molecule has 0 bridgehead atoms. The molecule has 2 heterocycles. The van der Waals surface area contributed by atoms with Gasteiger partial charge in [-0.3, -0.25) is 9.59 Å². The number of nitrogens with zero attached hydrogens (tertiary/aromatic N) is 2. The fourth-order valence-corrected chi connectivity index (χ4v) is 4.09. The van der Waals surface area contributed by atoms with E-state index in [0.717, 1.165) is 19.1 Å². The molecule has 1 N–H and O–H groups in total. The fourth-order valence-electron chi connectivity index (χ4n) is 2.97. The molecular formula is C13H22N2O5S. The van der Waals surface area contributed by atoms with Crippen molar-refractivity contribution in [1.82, 2.24) is 9.21 Å². The number of aliphatic carboxylic acids is 1. The van der Waals surface area contributed by atoms with Crippen LogP contribution in [0.2, 0.25) is 0 Å². The smallest absolute Gasteiger partial charge is 0.306 e. The van der Waals surface area contributed by atoms with E-state index in [1.54, 1.807) is 11.8 Å². The first-order chi connectivity index (χ1) is 9.71. The number of amides is 1. The van der Waals surface area contributed by atoms with Gasteiger partial charge in [0, 0.05) is 25.6 Å². The lowest BCUT2D eigenvalue weighted by molar-refractivity contribution is -0.152. The van der Waals surface area contributed by atoms with E-state index < -0.39 is 28.0 Å². The van der Waals surface area contributed by atoms with Crippen LogP contribution in [-0.4, -0.2) is 66.5 Å². The van der Waals surface area contributed by atoms with Gasteiger partial charge >= 0.3 is 5.97 Å². The molecule has 7 nitrogen and oxygen atoms in total. The number of sulfonamides is 1. The van der Waals surface area contributed by atoms with Crippen molar-refractivity contribution in [1.29, 1.82) is 0 Å². The molecule has 0 spiro atoms. The Morgan fingerprint density at radius 3 is 2.38 bits per heavy atom. The summed E-state index contributed by atoms with van der Waals surface area (Å²) in [5, 5.41) is 8.95. The number of carbonyl (C=O) groups excluding carboxylic acids is 1. The summed E-state index contributed by atoms with van der Waals surface area (Å²) in [7, 11) is -3.39. The van der Waals surface area contributed by atoms with Crippen molar-refractivity contribution in [2.24, 2.45) is 11.8 Å². The van der Waals surface area contributed by atoms with E-state index in [1.165, 1.54) is 4.31 Å². The van der Waals surface area contributed by atoms with Crippen LogP contribution in [0.3, 0.4) is 0 Å². The first-order valence-electron chi connectivity index (χ1n) is 7.20. The first kappa shape index (κ1) is 16.2. The molecule has 120 valence electrons. The third kappa shape index (κ3) is 3.37. The van der Waals surface area contributed by atoms with Crippen LogP contribution in [0.5, 0.6) is 0 Å². The molecule has 2 fully saturated rings. The molecule has 21 heavy (non-hydrogen) atoms. The maximum atomic E-state index is 12.4. The highest BCUT2D eigenvalue weighted by Gasteiger charge is 2.43. The predicted octanol–water partition coefficient (Wildman–Crippen LogP) is -0.0204. The third-order valence-corrected chi connectivity index (χ3v) is 5.77. The number of piperidine rings is 1. The molecule has 2 aliphatic heterocycles. The Balaban J connectivity index is 1.99. The SMILES string of the molecule is CC(C(=O)O)C1CN(C(=O)C2CCCCN2S(C)(=O)=O)C1. The van der Waals surface area contributed by atoms with E-state index in [1.807, 2.05) is 0 Å². The molecule has 0 saturated carbocycles. The molecule has 0 aliphatic carbocycles. The molecule has 0 radical (unpaired) electrons. The number of carboxylic acids is 1. The molecular weight excluding hydrogens is 296 g/mol. The van der Waals surface area contributed by atoms with Crippen LogP contribution in [0, 0.1) is 11.8 Å². The minimum atomic E-state index is -3.39. The molecule has 2 rings (SSSR count). The highest BCUT2D eigenvalue weighted by atomic mass is 32.2. The summed E-state index contributed by atoms with van der Waals surface area (Å²) in [5.74, 6) is -1.57. The largest absolute Gasteiger partial charge is 0.481 e. The minimum absolute atomic E-state index is 0.0401. The van der Waals surface area contributed by atoms with Crippen LogP contribution >= 0.6 is 0 Å². The summed E-state index contributed by atoms with van der Waals surface area (Å²) in [6.07, 6.45) is 3.28. The molecule has 8 heteroatoms. The summed E-state index contributed by atoms with van der Waals surface area (Å²) in [5.41, 5.74) is 0. The first-order valence-corrected chi connectivity index (χ1v) is 9.05. The zero-order valence-electron chi connectivity index (χ0n) is 12.4. The average Bonchev–Trinajstić information content (AvgIpc) is 2.35. The minimum Gasteiger partial charge on any atom is -0.481 e. The van der Waals surface area contributed by atoms with Crippen LogP contribution in [0.25, 0.3) is 0 Å². The lowest BCUT2D eigenvalue weighted by Gasteiger charge is -2.44. The number of carbonyl (C=O) groups is 2. The van der Waals surface area contributed by atoms with Gasteiger partial charge in [-0.15, -0.1) is 0 Å². The molecule has 2 unspecified atom stereocenters. The fraction of sp³-hybridized carbons (Fsp3) is 0.846. The van der Waals surface area contributed by atoms with Crippen LogP contribution in [0.1, 0.15) is 26.2 Å². The predicted molar refractivity (Wildman–Crippen MR) is 76.1 cm³/mol. The number of hydrogen-bond acceptors (Lipinski definition) is 4. The highest BCUT2D eigenvalue weighted by molar-refractivity contribution is 7.88. The zero-order chi connectivity index (χ0) is 15.8. The lowest BCUT2D eigenvalue weighted by Crippen LogP contribution is -2.60. The molecule has 0 aromatic carbocycles. The summed E-state index contributed by atoms with van der Waals surface area (Å²) in [6.45, 7) is 2.83. The van der Waals surface area contributed by atoms with Crippen molar-refractivity contribution in [3.05, 3.63) is 0 Å². The van der Waals surface area contributed by atoms with Gasteiger partial charge in [0.05, 0.1) is 12.2 Å². The van der Waals surface area contributed by atoms with Gasteiger partial charge in [-0.2, -0.15) is 4.31 Å². The normalized spacial score (nSPS) is 26.2. The van der Waals surface area contributed by atoms with Crippen molar-refractivity contribution in [2.75, 3.05) is 25.9 Å². The van der Waals surface area contributed by atoms with Crippen molar-refractivity contribution in [3.63, 3.8) is 0 Å². The van der Waals surface area contributed by atoms with E-state index in [9.17, 15) is 18.0 Å². The van der Waals surface area contributed by atoms with Crippen molar-refractivity contribution in [3.8, 4) is 0 Å². The Morgan fingerprint density at radius 2 is 1.86 bits per heavy atom. The topological polar surface area (TPSA) is 95.0 Å². The highest BCUT2D eigenvalue weighted by Crippen LogP contribution is 2.28. The maximum Gasteiger partial charge on any atom is 0.306 e. The average molecular weight is 318 g/mol. The standard InChI is InChI=1S/C13H22N2O5S/c1-9(13(17)18)10-7-14(8-10)12(16)11-5-3-4-6-15(11)21(2,19)20/h9-11H,3-8H2,1-2H3,(H,17,18). The van der Waals surface area contributed by atoms with Crippen LogP contribution in [0.4, 0.5) is 0 Å². The Morgan fingerprint density at radius 1 is 1.24 bits per heavy atom. The van der Waals surface area contributed by atoms with Crippen LogP contribution in [-0.2, 0) is 19.6 Å². The summed E-state index contributed by atoms with van der Waals surface area (Å²) >= 11 is 0. The Bertz CT molecular complexity index is 527. The maximum absolute atomic E-state index is 12.4. The van der Waals surface area contributed by atoms with E-state index >= 15 is 0 Å². The Labute approximate surface area is 125 Å².